The smallest absolute Gasteiger partial charge is 0.308 e. The fraction of sp³-hybridized carbons (Fsp3) is 0.250. The molecule has 1 aliphatic heterocycles. The van der Waals surface area contributed by atoms with E-state index in [0.717, 1.165) is 16.8 Å². The van der Waals surface area contributed by atoms with Crippen LogP contribution in [0.25, 0.3) is 0 Å². The number of esters is 1. The van der Waals surface area contributed by atoms with Crippen LogP contribution in [-0.2, 0) is 14.3 Å². The van der Waals surface area contributed by atoms with Crippen molar-refractivity contribution in [1.29, 1.82) is 0 Å². The number of carbonyl (C=O) groups is 3. The van der Waals surface area contributed by atoms with Crippen molar-refractivity contribution in [3.8, 4) is 0 Å². The third kappa shape index (κ3) is 5.38. The van der Waals surface area contributed by atoms with Crippen LogP contribution < -0.4 is 5.32 Å². The van der Waals surface area contributed by atoms with Crippen LogP contribution in [0, 0.1) is 6.92 Å². The second-order valence-electron chi connectivity index (χ2n) is 7.53. The molecule has 1 aliphatic rings. The summed E-state index contributed by atoms with van der Waals surface area (Å²) in [7, 11) is 0. The van der Waals surface area contributed by atoms with E-state index in [0.29, 0.717) is 12.2 Å². The summed E-state index contributed by atoms with van der Waals surface area (Å²) in [5.74, 6) is -0.758. The fourth-order valence-corrected chi connectivity index (χ4v) is 3.42. The number of rotatable bonds is 8. The van der Waals surface area contributed by atoms with Gasteiger partial charge in [0.1, 0.15) is 11.8 Å². The van der Waals surface area contributed by atoms with Crippen LogP contribution in [0.2, 0.25) is 0 Å². The van der Waals surface area contributed by atoms with E-state index in [1.54, 1.807) is 24.5 Å². The Hall–Kier alpha value is -4.14. The molecule has 4 rings (SSSR count). The minimum absolute atomic E-state index is 0.0566. The number of hydrogen-bond acceptors (Lipinski definition) is 7. The molecule has 0 radical (unpaired) electrons. The first-order chi connectivity index (χ1) is 16.0. The van der Waals surface area contributed by atoms with Gasteiger partial charge in [-0.2, -0.15) is 5.10 Å². The zero-order valence-corrected chi connectivity index (χ0v) is 18.0. The molecule has 0 fully saturated rings. The van der Waals surface area contributed by atoms with Crippen LogP contribution in [0.4, 0.5) is 0 Å². The molecule has 9 nitrogen and oxygen atoms in total. The highest BCUT2D eigenvalue weighted by Gasteiger charge is 2.35. The molecule has 33 heavy (non-hydrogen) atoms. The summed E-state index contributed by atoms with van der Waals surface area (Å²) < 4.78 is 15.6. The number of hydrazone groups is 1. The molecule has 9 heteroatoms. The number of carbonyl (C=O) groups excluding carboxylic acids is 3. The van der Waals surface area contributed by atoms with Crippen LogP contribution in [0.3, 0.4) is 0 Å². The Morgan fingerprint density at radius 1 is 1.09 bits per heavy atom. The normalized spacial score (nSPS) is 15.2. The van der Waals surface area contributed by atoms with Crippen molar-refractivity contribution >= 4 is 23.5 Å². The lowest BCUT2D eigenvalue weighted by molar-refractivity contribution is -0.152. The predicted octanol–water partition coefficient (Wildman–Crippen LogP) is 3.22. The summed E-state index contributed by atoms with van der Waals surface area (Å²) in [6.07, 6.45) is 3.32. The second kappa shape index (κ2) is 9.99. The highest BCUT2D eigenvalue weighted by Crippen LogP contribution is 2.33. The van der Waals surface area contributed by atoms with Crippen molar-refractivity contribution in [2.45, 2.75) is 25.8 Å². The van der Waals surface area contributed by atoms with E-state index in [9.17, 15) is 14.4 Å². The Morgan fingerprint density at radius 2 is 1.85 bits per heavy atom. The number of benzene rings is 1. The van der Waals surface area contributed by atoms with Gasteiger partial charge in [0.15, 0.2) is 12.4 Å². The first-order valence-corrected chi connectivity index (χ1v) is 10.5. The SMILES string of the molecule is Cc1ccc(C2=NN(C(=O)COC(=O)CCNC(=O)c3ccco3)C(c3ccco3)C2)cc1. The summed E-state index contributed by atoms with van der Waals surface area (Å²) in [4.78, 5) is 36.7. The van der Waals surface area contributed by atoms with Gasteiger partial charge in [0.05, 0.1) is 24.7 Å². The highest BCUT2D eigenvalue weighted by molar-refractivity contribution is 6.03. The van der Waals surface area contributed by atoms with Gasteiger partial charge in [-0.3, -0.25) is 14.4 Å². The van der Waals surface area contributed by atoms with E-state index in [1.165, 1.54) is 17.3 Å². The van der Waals surface area contributed by atoms with Crippen LogP contribution in [0.15, 0.2) is 75.0 Å². The van der Waals surface area contributed by atoms with Crippen LogP contribution in [0.5, 0.6) is 0 Å². The van der Waals surface area contributed by atoms with Gasteiger partial charge in [-0.1, -0.05) is 29.8 Å². The summed E-state index contributed by atoms with van der Waals surface area (Å²) >= 11 is 0. The molecule has 2 aromatic heterocycles. The molecule has 2 amide bonds. The maximum absolute atomic E-state index is 12.8. The lowest BCUT2D eigenvalue weighted by atomic mass is 10.0. The second-order valence-corrected chi connectivity index (χ2v) is 7.53. The lowest BCUT2D eigenvalue weighted by Gasteiger charge is -2.19. The van der Waals surface area contributed by atoms with E-state index in [4.69, 9.17) is 13.6 Å². The predicted molar refractivity (Wildman–Crippen MR) is 117 cm³/mol. The molecule has 1 unspecified atom stereocenters. The molecule has 1 aromatic carbocycles. The fourth-order valence-electron chi connectivity index (χ4n) is 3.42. The van der Waals surface area contributed by atoms with Gasteiger partial charge < -0.3 is 18.9 Å². The number of ether oxygens (including phenoxy) is 1. The lowest BCUT2D eigenvalue weighted by Crippen LogP contribution is -2.32. The van der Waals surface area contributed by atoms with Crippen molar-refractivity contribution in [2.24, 2.45) is 5.10 Å². The Bertz CT molecular complexity index is 1130. The number of nitrogens with one attached hydrogen (secondary N) is 1. The maximum atomic E-state index is 12.8. The summed E-state index contributed by atoms with van der Waals surface area (Å²) in [6.45, 7) is 1.59. The van der Waals surface area contributed by atoms with Gasteiger partial charge in [-0.25, -0.2) is 5.01 Å². The van der Waals surface area contributed by atoms with E-state index in [1.807, 2.05) is 31.2 Å². The van der Waals surface area contributed by atoms with Gasteiger partial charge in [0.25, 0.3) is 11.8 Å². The van der Waals surface area contributed by atoms with Crippen LogP contribution in [0.1, 0.15) is 46.3 Å². The van der Waals surface area contributed by atoms with Gasteiger partial charge in [-0.05, 0) is 36.8 Å². The first kappa shape index (κ1) is 22.1. The van der Waals surface area contributed by atoms with E-state index in [2.05, 4.69) is 10.4 Å². The average molecular weight is 449 g/mol. The Morgan fingerprint density at radius 3 is 2.55 bits per heavy atom. The first-order valence-electron chi connectivity index (χ1n) is 10.5. The maximum Gasteiger partial charge on any atom is 0.308 e. The molecule has 0 bridgehead atoms. The minimum Gasteiger partial charge on any atom is -0.467 e. The Kier molecular flexibility index (Phi) is 6.68. The number of aryl methyl sites for hydroxylation is 1. The minimum atomic E-state index is -0.612. The van der Waals surface area contributed by atoms with Crippen molar-refractivity contribution in [2.75, 3.05) is 13.2 Å². The summed E-state index contributed by atoms with van der Waals surface area (Å²) in [6, 6.07) is 14.1. The highest BCUT2D eigenvalue weighted by atomic mass is 16.5. The standard InChI is InChI=1S/C24H23N3O6/c1-16-6-8-17(9-7-16)18-14-19(20-4-2-12-31-20)27(26-18)22(28)15-33-23(29)10-11-25-24(30)21-5-3-13-32-21/h2-9,12-13,19H,10-11,14-15H2,1H3,(H,25,30). The quantitative estimate of drug-likeness (QED) is 0.528. The van der Waals surface area contributed by atoms with Crippen LogP contribution in [-0.4, -0.2) is 41.7 Å². The Labute approximate surface area is 190 Å². The van der Waals surface area contributed by atoms with Gasteiger partial charge >= 0.3 is 5.97 Å². The van der Waals surface area contributed by atoms with E-state index in [-0.39, 0.29) is 18.7 Å². The molecule has 170 valence electrons. The summed E-state index contributed by atoms with van der Waals surface area (Å²) in [5, 5.41) is 8.35. The van der Waals surface area contributed by atoms with Crippen molar-refractivity contribution in [3.63, 3.8) is 0 Å². The van der Waals surface area contributed by atoms with Gasteiger partial charge in [0, 0.05) is 13.0 Å². The molecule has 1 atom stereocenters. The number of nitrogens with zero attached hydrogens (tertiary/aromatic N) is 2. The average Bonchev–Trinajstić information content (AvgIpc) is 3.59. The van der Waals surface area contributed by atoms with Gasteiger partial charge in [0.2, 0.25) is 0 Å². The molecule has 0 saturated heterocycles. The number of furan rings is 2. The number of hydrogen-bond donors (Lipinski definition) is 1. The third-order valence-electron chi connectivity index (χ3n) is 5.14. The van der Waals surface area contributed by atoms with Crippen molar-refractivity contribution < 1.29 is 28.0 Å². The van der Waals surface area contributed by atoms with Crippen LogP contribution >= 0.6 is 0 Å². The zero-order chi connectivity index (χ0) is 23.2. The topological polar surface area (TPSA) is 114 Å². The zero-order valence-electron chi connectivity index (χ0n) is 18.0. The monoisotopic (exact) mass is 449 g/mol. The van der Waals surface area contributed by atoms with Crippen molar-refractivity contribution in [3.05, 3.63) is 83.7 Å². The molecule has 1 N–H and O–H groups in total. The molecule has 0 saturated carbocycles. The third-order valence-corrected chi connectivity index (χ3v) is 5.14. The van der Waals surface area contributed by atoms with Crippen molar-refractivity contribution in [1.82, 2.24) is 10.3 Å². The van der Waals surface area contributed by atoms with E-state index < -0.39 is 30.4 Å². The molecule has 3 heterocycles. The number of amides is 2. The van der Waals surface area contributed by atoms with Gasteiger partial charge in [-0.15, -0.1) is 0 Å². The van der Waals surface area contributed by atoms with E-state index >= 15 is 0 Å². The Balaban J connectivity index is 1.34. The molecular weight excluding hydrogens is 426 g/mol. The molecular formula is C24H23N3O6. The largest absolute Gasteiger partial charge is 0.467 e. The molecule has 0 spiro atoms. The molecule has 3 aromatic rings. The summed E-state index contributed by atoms with van der Waals surface area (Å²) in [5.41, 5.74) is 2.79. The molecule has 0 aliphatic carbocycles.